The first kappa shape index (κ1) is 9.74. The van der Waals surface area contributed by atoms with Gasteiger partial charge in [-0.2, -0.15) is 0 Å². The Morgan fingerprint density at radius 3 is 2.64 bits per heavy atom. The molecule has 0 saturated carbocycles. The first-order chi connectivity index (χ1) is 5.10. The van der Waals surface area contributed by atoms with E-state index in [9.17, 15) is 0 Å². The van der Waals surface area contributed by atoms with Crippen LogP contribution in [0.5, 0.6) is 0 Å². The normalized spacial score (nSPS) is 37.4. The van der Waals surface area contributed by atoms with Crippen LogP contribution < -0.4 is 0 Å². The molecular formula is C8H16INO. The van der Waals surface area contributed by atoms with E-state index in [4.69, 9.17) is 4.74 Å². The molecule has 0 amide bonds. The summed E-state index contributed by atoms with van der Waals surface area (Å²) in [6.45, 7) is 5.31. The van der Waals surface area contributed by atoms with Gasteiger partial charge in [0.05, 0.1) is 18.2 Å². The molecule has 1 aliphatic heterocycles. The van der Waals surface area contributed by atoms with Crippen LogP contribution in [0.1, 0.15) is 26.7 Å². The molecule has 0 N–H and O–H groups in total. The summed E-state index contributed by atoms with van der Waals surface area (Å²) in [5.74, 6) is 0. The fraction of sp³-hybridized carbons (Fsp3) is 1.00. The molecule has 1 rings (SSSR count). The summed E-state index contributed by atoms with van der Waals surface area (Å²) >= 11 is 2.34. The molecule has 0 aromatic carbocycles. The van der Waals surface area contributed by atoms with Crippen molar-refractivity contribution in [3.05, 3.63) is 0 Å². The van der Waals surface area contributed by atoms with Crippen molar-refractivity contribution in [1.29, 1.82) is 0 Å². The Morgan fingerprint density at radius 1 is 1.73 bits per heavy atom. The lowest BCUT2D eigenvalue weighted by Gasteiger charge is -2.49. The predicted molar refractivity (Wildman–Crippen MR) is 54.8 cm³/mol. The molecule has 1 fully saturated rings. The van der Waals surface area contributed by atoms with Crippen molar-refractivity contribution in [2.45, 2.75) is 38.3 Å². The van der Waals surface area contributed by atoms with Crippen molar-refractivity contribution in [2.75, 3.05) is 13.7 Å². The van der Waals surface area contributed by atoms with Gasteiger partial charge in [0.1, 0.15) is 0 Å². The molecule has 0 bridgehead atoms. The number of hydrogen-bond acceptors (Lipinski definition) is 2. The highest BCUT2D eigenvalue weighted by molar-refractivity contribution is 14.1. The van der Waals surface area contributed by atoms with Gasteiger partial charge in [-0.3, -0.25) is 0 Å². The highest BCUT2D eigenvalue weighted by Crippen LogP contribution is 2.35. The molecule has 0 aliphatic carbocycles. The molecule has 2 atom stereocenters. The minimum absolute atomic E-state index is 0.130. The summed E-state index contributed by atoms with van der Waals surface area (Å²) < 4.78 is 7.82. The number of likely N-dealkylation sites (N-methyl/N-ethyl adjacent to an activating group) is 1. The highest BCUT2D eigenvalue weighted by atomic mass is 127. The maximum atomic E-state index is 5.59. The maximum absolute atomic E-state index is 5.59. The van der Waals surface area contributed by atoms with Gasteiger partial charge < -0.3 is 4.74 Å². The van der Waals surface area contributed by atoms with Gasteiger partial charge in [0.25, 0.3) is 0 Å². The van der Waals surface area contributed by atoms with Crippen molar-refractivity contribution >= 4 is 22.9 Å². The highest BCUT2D eigenvalue weighted by Gasteiger charge is 2.45. The maximum Gasteiger partial charge on any atom is 0.0840 e. The molecule has 11 heavy (non-hydrogen) atoms. The number of halogens is 1. The van der Waals surface area contributed by atoms with Crippen molar-refractivity contribution in [2.24, 2.45) is 0 Å². The van der Waals surface area contributed by atoms with Crippen LogP contribution in [0.25, 0.3) is 0 Å². The Kier molecular flexibility index (Phi) is 3.17. The van der Waals surface area contributed by atoms with Crippen LogP contribution in [0.15, 0.2) is 0 Å². The van der Waals surface area contributed by atoms with Crippen LogP contribution >= 0.6 is 22.9 Å². The molecular weight excluding hydrogens is 253 g/mol. The van der Waals surface area contributed by atoms with E-state index < -0.39 is 0 Å². The Morgan fingerprint density at radius 2 is 2.36 bits per heavy atom. The third kappa shape index (κ3) is 1.87. The fourth-order valence-electron chi connectivity index (χ4n) is 1.66. The third-order valence-corrected chi connectivity index (χ3v) is 3.12. The number of ether oxygens (including phenoxy) is 1. The molecule has 2 unspecified atom stereocenters. The standard InChI is InChI=1S/C8H16INO/c1-4-5-8(2)7(6-11-8)10(3)9/h7H,4-6H2,1-3H3. The van der Waals surface area contributed by atoms with Gasteiger partial charge in [0.15, 0.2) is 0 Å². The lowest BCUT2D eigenvalue weighted by molar-refractivity contribution is -0.182. The average molecular weight is 269 g/mol. The molecule has 0 aromatic rings. The molecule has 3 heteroatoms. The largest absolute Gasteiger partial charge is 0.372 e. The Balaban J connectivity index is 2.45. The van der Waals surface area contributed by atoms with Crippen LogP contribution in [-0.2, 0) is 4.74 Å². The van der Waals surface area contributed by atoms with E-state index in [1.54, 1.807) is 0 Å². The van der Waals surface area contributed by atoms with Crippen molar-refractivity contribution < 1.29 is 4.74 Å². The van der Waals surface area contributed by atoms with Gasteiger partial charge in [-0.25, -0.2) is 3.11 Å². The molecule has 1 saturated heterocycles. The van der Waals surface area contributed by atoms with Crippen molar-refractivity contribution in [3.8, 4) is 0 Å². The van der Waals surface area contributed by atoms with Crippen LogP contribution in [0.4, 0.5) is 0 Å². The van der Waals surface area contributed by atoms with Gasteiger partial charge >= 0.3 is 0 Å². The first-order valence-electron chi connectivity index (χ1n) is 4.12. The van der Waals surface area contributed by atoms with E-state index in [0.29, 0.717) is 6.04 Å². The Hall–Kier alpha value is 0.650. The van der Waals surface area contributed by atoms with Gasteiger partial charge in [-0.05, 0) is 20.4 Å². The summed E-state index contributed by atoms with van der Waals surface area (Å²) in [5.41, 5.74) is 0.130. The van der Waals surface area contributed by atoms with E-state index >= 15 is 0 Å². The monoisotopic (exact) mass is 269 g/mol. The topological polar surface area (TPSA) is 12.5 Å². The quantitative estimate of drug-likeness (QED) is 0.575. The lowest BCUT2D eigenvalue weighted by Crippen LogP contribution is -2.60. The summed E-state index contributed by atoms with van der Waals surface area (Å²) in [6, 6.07) is 0.614. The Bertz CT molecular complexity index is 140. The second-order valence-corrected chi connectivity index (χ2v) is 4.94. The Labute approximate surface area is 82.8 Å². The fourth-order valence-corrected chi connectivity index (χ4v) is 2.41. The average Bonchev–Trinajstić information content (AvgIpc) is 1.85. The zero-order chi connectivity index (χ0) is 8.48. The smallest absolute Gasteiger partial charge is 0.0840 e. The summed E-state index contributed by atoms with van der Waals surface area (Å²) in [6.07, 6.45) is 2.38. The van der Waals surface area contributed by atoms with E-state index in [-0.39, 0.29) is 5.60 Å². The second kappa shape index (κ2) is 3.58. The molecule has 2 nitrogen and oxygen atoms in total. The van der Waals surface area contributed by atoms with Gasteiger partial charge in [-0.1, -0.05) is 13.3 Å². The molecule has 0 aromatic heterocycles. The van der Waals surface area contributed by atoms with E-state index in [0.717, 1.165) is 6.61 Å². The minimum Gasteiger partial charge on any atom is -0.372 e. The SMILES string of the molecule is CCCC1(C)OCC1N(C)I. The first-order valence-corrected chi connectivity index (χ1v) is 5.09. The molecule has 1 aliphatic rings. The number of hydrogen-bond donors (Lipinski definition) is 0. The summed E-state index contributed by atoms with van der Waals surface area (Å²) in [7, 11) is 2.11. The molecule has 0 radical (unpaired) electrons. The van der Waals surface area contributed by atoms with Crippen molar-refractivity contribution in [1.82, 2.24) is 3.11 Å². The summed E-state index contributed by atoms with van der Waals surface area (Å²) in [5, 5.41) is 0. The van der Waals surface area contributed by atoms with E-state index in [1.165, 1.54) is 12.8 Å². The van der Waals surface area contributed by atoms with Gasteiger partial charge in [0, 0.05) is 22.9 Å². The van der Waals surface area contributed by atoms with Crippen LogP contribution in [0.2, 0.25) is 0 Å². The van der Waals surface area contributed by atoms with Gasteiger partial charge in [-0.15, -0.1) is 0 Å². The third-order valence-electron chi connectivity index (χ3n) is 2.45. The lowest BCUT2D eigenvalue weighted by atomic mass is 9.87. The van der Waals surface area contributed by atoms with Crippen LogP contribution in [0, 0.1) is 0 Å². The van der Waals surface area contributed by atoms with Gasteiger partial charge in [0.2, 0.25) is 0 Å². The zero-order valence-corrected chi connectivity index (χ0v) is 9.59. The van der Waals surface area contributed by atoms with E-state index in [1.807, 2.05) is 0 Å². The second-order valence-electron chi connectivity index (χ2n) is 3.41. The number of nitrogens with zero attached hydrogens (tertiary/aromatic N) is 1. The summed E-state index contributed by atoms with van der Waals surface area (Å²) in [4.78, 5) is 0. The molecule has 66 valence electrons. The minimum atomic E-state index is 0.130. The predicted octanol–water partition coefficient (Wildman–Crippen LogP) is 2.23. The van der Waals surface area contributed by atoms with Crippen LogP contribution in [0.3, 0.4) is 0 Å². The molecule has 1 heterocycles. The zero-order valence-electron chi connectivity index (χ0n) is 7.43. The van der Waals surface area contributed by atoms with Crippen LogP contribution in [-0.4, -0.2) is 28.4 Å². The van der Waals surface area contributed by atoms with Crippen molar-refractivity contribution in [3.63, 3.8) is 0 Å². The van der Waals surface area contributed by atoms with E-state index in [2.05, 4.69) is 46.9 Å². The number of rotatable bonds is 3. The molecule has 0 spiro atoms.